The number of nitrogens with one attached hydrogen (secondary N) is 1. The van der Waals surface area contributed by atoms with Gasteiger partial charge in [-0.2, -0.15) is 0 Å². The van der Waals surface area contributed by atoms with Crippen molar-refractivity contribution in [3.8, 4) is 0 Å². The predicted molar refractivity (Wildman–Crippen MR) is 94.5 cm³/mol. The van der Waals surface area contributed by atoms with Gasteiger partial charge in [-0.15, -0.1) is 0 Å². The van der Waals surface area contributed by atoms with Crippen molar-refractivity contribution in [2.24, 2.45) is 0 Å². The first-order valence-electron chi connectivity index (χ1n) is 8.02. The zero-order valence-corrected chi connectivity index (χ0v) is 14.6. The summed E-state index contributed by atoms with van der Waals surface area (Å²) in [5.41, 5.74) is 0.545. The van der Waals surface area contributed by atoms with Crippen LogP contribution in [0.15, 0.2) is 34.2 Å². The second kappa shape index (κ2) is 7.36. The van der Waals surface area contributed by atoms with Crippen LogP contribution < -0.4 is 10.9 Å². The second-order valence-corrected chi connectivity index (χ2v) is 6.96. The molecule has 1 aromatic carbocycles. The smallest absolute Gasteiger partial charge is 0.262 e. The Hall–Kier alpha value is -1.86. The first kappa shape index (κ1) is 17.0. The van der Waals surface area contributed by atoms with Gasteiger partial charge < -0.3 is 10.1 Å². The standard InChI is InChI=1S/C17H21N3O3S/c1-11(9-23-2)20-16(22)13-5-3-4-6-14(13)19-17(20)24-10-15(21)18-12-7-8-12/h3-6,11-12H,7-10H2,1-2H3,(H,18,21). The van der Waals surface area contributed by atoms with Crippen molar-refractivity contribution < 1.29 is 9.53 Å². The molecule has 1 fully saturated rings. The van der Waals surface area contributed by atoms with E-state index in [-0.39, 0.29) is 23.3 Å². The van der Waals surface area contributed by atoms with Gasteiger partial charge >= 0.3 is 0 Å². The van der Waals surface area contributed by atoms with Crippen LogP contribution in [0.1, 0.15) is 25.8 Å². The average Bonchev–Trinajstić information content (AvgIpc) is 3.37. The number of hydrogen-bond acceptors (Lipinski definition) is 5. The molecule has 0 aliphatic heterocycles. The molecule has 128 valence electrons. The zero-order valence-electron chi connectivity index (χ0n) is 13.8. The summed E-state index contributed by atoms with van der Waals surface area (Å²) in [5.74, 6) is 0.233. The van der Waals surface area contributed by atoms with Gasteiger partial charge in [0.2, 0.25) is 5.91 Å². The molecule has 24 heavy (non-hydrogen) atoms. The normalized spacial score (nSPS) is 15.4. The number of fused-ring (bicyclic) bond motifs is 1. The van der Waals surface area contributed by atoms with Crippen LogP contribution in [0.3, 0.4) is 0 Å². The second-order valence-electron chi connectivity index (χ2n) is 6.02. The Morgan fingerprint density at radius 2 is 2.21 bits per heavy atom. The molecular formula is C17H21N3O3S. The van der Waals surface area contributed by atoms with Crippen molar-refractivity contribution in [1.82, 2.24) is 14.9 Å². The highest BCUT2D eigenvalue weighted by atomic mass is 32.2. The topological polar surface area (TPSA) is 73.2 Å². The Morgan fingerprint density at radius 3 is 2.92 bits per heavy atom. The summed E-state index contributed by atoms with van der Waals surface area (Å²) in [4.78, 5) is 29.4. The maximum atomic E-state index is 12.9. The van der Waals surface area contributed by atoms with Crippen molar-refractivity contribution in [2.75, 3.05) is 19.5 Å². The van der Waals surface area contributed by atoms with E-state index in [2.05, 4.69) is 10.3 Å². The van der Waals surface area contributed by atoms with Gasteiger partial charge in [0.05, 0.1) is 29.3 Å². The molecule has 6 nitrogen and oxygen atoms in total. The molecule has 1 saturated carbocycles. The third kappa shape index (κ3) is 3.79. The van der Waals surface area contributed by atoms with E-state index < -0.39 is 0 Å². The van der Waals surface area contributed by atoms with Crippen LogP contribution in [0.4, 0.5) is 0 Å². The van der Waals surface area contributed by atoms with E-state index in [1.54, 1.807) is 17.7 Å². The van der Waals surface area contributed by atoms with E-state index in [1.165, 1.54) is 11.8 Å². The van der Waals surface area contributed by atoms with Crippen LogP contribution in [-0.2, 0) is 9.53 Å². The number of rotatable bonds is 7. The number of carbonyl (C=O) groups is 1. The van der Waals surface area contributed by atoms with Crippen LogP contribution in [0.5, 0.6) is 0 Å². The highest BCUT2D eigenvalue weighted by molar-refractivity contribution is 7.99. The molecule has 0 bridgehead atoms. The molecule has 3 rings (SSSR count). The largest absolute Gasteiger partial charge is 0.383 e. The van der Waals surface area contributed by atoms with Crippen LogP contribution in [-0.4, -0.2) is 41.0 Å². The first-order valence-corrected chi connectivity index (χ1v) is 9.01. The Labute approximate surface area is 144 Å². The number of carbonyl (C=O) groups excluding carboxylic acids is 1. The molecular weight excluding hydrogens is 326 g/mol. The third-order valence-electron chi connectivity index (χ3n) is 3.90. The van der Waals surface area contributed by atoms with Crippen molar-refractivity contribution in [3.05, 3.63) is 34.6 Å². The van der Waals surface area contributed by atoms with Crippen molar-refractivity contribution in [3.63, 3.8) is 0 Å². The molecule has 0 saturated heterocycles. The number of nitrogens with zero attached hydrogens (tertiary/aromatic N) is 2. The van der Waals surface area contributed by atoms with Gasteiger partial charge in [-0.05, 0) is 31.9 Å². The fourth-order valence-electron chi connectivity index (χ4n) is 2.56. The summed E-state index contributed by atoms with van der Waals surface area (Å²) in [7, 11) is 1.60. The predicted octanol–water partition coefficient (Wildman–Crippen LogP) is 1.97. The van der Waals surface area contributed by atoms with E-state index in [4.69, 9.17) is 4.74 Å². The highest BCUT2D eigenvalue weighted by Gasteiger charge is 2.24. The van der Waals surface area contributed by atoms with E-state index in [0.29, 0.717) is 28.7 Å². The molecule has 1 aliphatic carbocycles. The number of ether oxygens (including phenoxy) is 1. The summed E-state index contributed by atoms with van der Waals surface area (Å²) in [5, 5.41) is 4.08. The maximum absolute atomic E-state index is 12.9. The molecule has 0 spiro atoms. The number of amides is 1. The van der Waals surface area contributed by atoms with E-state index in [0.717, 1.165) is 12.8 Å². The lowest BCUT2D eigenvalue weighted by Crippen LogP contribution is -2.30. The number of hydrogen-bond donors (Lipinski definition) is 1. The SMILES string of the molecule is COCC(C)n1c(SCC(=O)NC2CC2)nc2ccccc2c1=O. The molecule has 2 aromatic rings. The third-order valence-corrected chi connectivity index (χ3v) is 4.85. The fraction of sp³-hybridized carbons (Fsp3) is 0.471. The van der Waals surface area contributed by atoms with E-state index in [9.17, 15) is 9.59 Å². The van der Waals surface area contributed by atoms with E-state index in [1.807, 2.05) is 25.1 Å². The van der Waals surface area contributed by atoms with Crippen LogP contribution in [0, 0.1) is 0 Å². The van der Waals surface area contributed by atoms with Crippen LogP contribution in [0.25, 0.3) is 10.9 Å². The summed E-state index contributed by atoms with van der Waals surface area (Å²) in [6, 6.07) is 7.44. The molecule has 1 heterocycles. The number of para-hydroxylation sites is 1. The molecule has 1 aliphatic rings. The number of thioether (sulfide) groups is 1. The minimum Gasteiger partial charge on any atom is -0.383 e. The van der Waals surface area contributed by atoms with Crippen LogP contribution >= 0.6 is 11.8 Å². The van der Waals surface area contributed by atoms with Gasteiger partial charge in [-0.1, -0.05) is 23.9 Å². The first-order chi connectivity index (χ1) is 11.6. The van der Waals surface area contributed by atoms with Gasteiger partial charge in [0.1, 0.15) is 0 Å². The molecule has 1 unspecified atom stereocenters. The Balaban J connectivity index is 1.92. The minimum absolute atomic E-state index is 0.0177. The maximum Gasteiger partial charge on any atom is 0.262 e. The Kier molecular flexibility index (Phi) is 5.20. The molecule has 1 atom stereocenters. The molecule has 1 aromatic heterocycles. The van der Waals surface area contributed by atoms with Gasteiger partial charge in [-0.25, -0.2) is 4.98 Å². The zero-order chi connectivity index (χ0) is 17.1. The molecule has 7 heteroatoms. The average molecular weight is 347 g/mol. The number of benzene rings is 1. The molecule has 0 radical (unpaired) electrons. The number of methoxy groups -OCH3 is 1. The Bertz CT molecular complexity index is 801. The lowest BCUT2D eigenvalue weighted by molar-refractivity contribution is -0.118. The van der Waals surface area contributed by atoms with Gasteiger partial charge in [0.25, 0.3) is 5.56 Å². The van der Waals surface area contributed by atoms with Crippen molar-refractivity contribution >= 4 is 28.6 Å². The number of aromatic nitrogens is 2. The summed E-state index contributed by atoms with van der Waals surface area (Å²) in [6.07, 6.45) is 2.11. The highest BCUT2D eigenvalue weighted by Crippen LogP contribution is 2.22. The fourth-order valence-corrected chi connectivity index (χ4v) is 3.47. The van der Waals surface area contributed by atoms with Crippen molar-refractivity contribution in [2.45, 2.75) is 37.0 Å². The van der Waals surface area contributed by atoms with E-state index >= 15 is 0 Å². The minimum atomic E-state index is -0.159. The van der Waals surface area contributed by atoms with Gasteiger partial charge in [0.15, 0.2) is 5.16 Å². The lowest BCUT2D eigenvalue weighted by Gasteiger charge is -2.18. The monoisotopic (exact) mass is 347 g/mol. The van der Waals surface area contributed by atoms with Gasteiger partial charge in [-0.3, -0.25) is 14.2 Å². The lowest BCUT2D eigenvalue weighted by atomic mass is 10.2. The van der Waals surface area contributed by atoms with Crippen molar-refractivity contribution in [1.29, 1.82) is 0 Å². The molecule has 1 amide bonds. The van der Waals surface area contributed by atoms with Gasteiger partial charge in [0, 0.05) is 13.2 Å². The quantitative estimate of drug-likeness (QED) is 0.612. The summed E-state index contributed by atoms with van der Waals surface area (Å²) < 4.78 is 6.82. The molecule has 1 N–H and O–H groups in total. The summed E-state index contributed by atoms with van der Waals surface area (Å²) in [6.45, 7) is 2.32. The summed E-state index contributed by atoms with van der Waals surface area (Å²) >= 11 is 1.29. The van der Waals surface area contributed by atoms with Crippen LogP contribution in [0.2, 0.25) is 0 Å². The Morgan fingerprint density at radius 1 is 1.46 bits per heavy atom.